The molecule has 0 unspecified atom stereocenters. The number of ether oxygens (including phenoxy) is 2. The first-order valence-corrected chi connectivity index (χ1v) is 11.4. The van der Waals surface area contributed by atoms with Crippen molar-refractivity contribution >= 4 is 0 Å². The molecule has 3 aliphatic carbocycles. The van der Waals surface area contributed by atoms with E-state index in [4.69, 9.17) is 9.47 Å². The molecule has 0 aliphatic heterocycles. The van der Waals surface area contributed by atoms with Crippen molar-refractivity contribution in [2.75, 3.05) is 13.2 Å². The minimum Gasteiger partial charge on any atom is -0.491 e. The van der Waals surface area contributed by atoms with Crippen LogP contribution in [0.25, 0.3) is 0 Å². The summed E-state index contributed by atoms with van der Waals surface area (Å²) >= 11 is 0. The van der Waals surface area contributed by atoms with Crippen LogP contribution in [0, 0.1) is 29.4 Å². The smallest absolute Gasteiger partial charge is 0.200 e. The SMILES string of the molecule is CCOc1ccc(C2CCC(C3CCC(OCC4CC4)CC3)CC2)c(F)c1F. The van der Waals surface area contributed by atoms with E-state index in [1.165, 1.54) is 38.5 Å². The minimum atomic E-state index is -0.828. The maximum Gasteiger partial charge on any atom is 0.200 e. The molecule has 0 bridgehead atoms. The predicted molar refractivity (Wildman–Crippen MR) is 107 cm³/mol. The highest BCUT2D eigenvalue weighted by atomic mass is 19.2. The Kier molecular flexibility index (Phi) is 6.55. The van der Waals surface area contributed by atoms with Gasteiger partial charge in [0.1, 0.15) is 0 Å². The van der Waals surface area contributed by atoms with E-state index < -0.39 is 11.6 Å². The molecule has 0 saturated heterocycles. The average Bonchev–Trinajstić information content (AvgIpc) is 3.55. The van der Waals surface area contributed by atoms with Crippen molar-refractivity contribution in [3.63, 3.8) is 0 Å². The summed E-state index contributed by atoms with van der Waals surface area (Å²) in [5, 5.41) is 0. The summed E-state index contributed by atoms with van der Waals surface area (Å²) in [5.74, 6) is 1.02. The third kappa shape index (κ3) is 4.69. The lowest BCUT2D eigenvalue weighted by Gasteiger charge is -2.38. The van der Waals surface area contributed by atoms with Gasteiger partial charge in [-0.15, -0.1) is 0 Å². The number of rotatable bonds is 7. The van der Waals surface area contributed by atoms with Crippen molar-refractivity contribution in [3.8, 4) is 5.75 Å². The number of hydrogen-bond donors (Lipinski definition) is 0. The van der Waals surface area contributed by atoms with Crippen LogP contribution in [-0.4, -0.2) is 19.3 Å². The molecule has 3 fully saturated rings. The number of benzene rings is 1. The van der Waals surface area contributed by atoms with Crippen LogP contribution in [0.5, 0.6) is 5.75 Å². The van der Waals surface area contributed by atoms with Crippen LogP contribution >= 0.6 is 0 Å². The Hall–Kier alpha value is -1.16. The third-order valence-electron chi connectivity index (χ3n) is 7.24. The molecule has 0 heterocycles. The largest absolute Gasteiger partial charge is 0.491 e. The van der Waals surface area contributed by atoms with E-state index in [2.05, 4.69) is 0 Å². The van der Waals surface area contributed by atoms with E-state index in [0.29, 0.717) is 18.3 Å². The van der Waals surface area contributed by atoms with Crippen LogP contribution in [0.4, 0.5) is 8.78 Å². The van der Waals surface area contributed by atoms with Gasteiger partial charge in [-0.25, -0.2) is 4.39 Å². The van der Waals surface area contributed by atoms with Crippen LogP contribution in [0.1, 0.15) is 82.6 Å². The lowest BCUT2D eigenvalue weighted by Crippen LogP contribution is -2.28. The molecule has 1 aromatic carbocycles. The first kappa shape index (κ1) is 20.1. The van der Waals surface area contributed by atoms with Gasteiger partial charge in [-0.3, -0.25) is 0 Å². The van der Waals surface area contributed by atoms with Gasteiger partial charge >= 0.3 is 0 Å². The molecule has 2 nitrogen and oxygen atoms in total. The molecule has 28 heavy (non-hydrogen) atoms. The van der Waals surface area contributed by atoms with Crippen LogP contribution < -0.4 is 4.74 Å². The van der Waals surface area contributed by atoms with Crippen LogP contribution in [0.3, 0.4) is 0 Å². The van der Waals surface area contributed by atoms with Gasteiger partial charge in [0.05, 0.1) is 12.7 Å². The van der Waals surface area contributed by atoms with E-state index >= 15 is 0 Å². The predicted octanol–water partition coefficient (Wildman–Crippen LogP) is 6.62. The molecule has 4 heteroatoms. The Balaban J connectivity index is 1.26. The minimum absolute atomic E-state index is 0.0260. The molecule has 0 amide bonds. The zero-order valence-corrected chi connectivity index (χ0v) is 17.1. The van der Waals surface area contributed by atoms with Crippen LogP contribution in [0.2, 0.25) is 0 Å². The third-order valence-corrected chi connectivity index (χ3v) is 7.24. The lowest BCUT2D eigenvalue weighted by atomic mass is 9.69. The van der Waals surface area contributed by atoms with Crippen LogP contribution in [0.15, 0.2) is 12.1 Å². The van der Waals surface area contributed by atoms with E-state index in [0.717, 1.165) is 50.0 Å². The van der Waals surface area contributed by atoms with Gasteiger partial charge in [0, 0.05) is 6.61 Å². The van der Waals surface area contributed by atoms with Gasteiger partial charge in [0.25, 0.3) is 0 Å². The van der Waals surface area contributed by atoms with E-state index in [1.807, 2.05) is 0 Å². The fourth-order valence-corrected chi connectivity index (χ4v) is 5.31. The fourth-order valence-electron chi connectivity index (χ4n) is 5.31. The molecule has 3 saturated carbocycles. The molecule has 1 aromatic rings. The summed E-state index contributed by atoms with van der Waals surface area (Å²) in [5.41, 5.74) is 0.539. The second kappa shape index (κ2) is 9.11. The van der Waals surface area contributed by atoms with Crippen molar-refractivity contribution in [1.82, 2.24) is 0 Å². The molecule has 0 spiro atoms. The van der Waals surface area contributed by atoms with E-state index in [9.17, 15) is 8.78 Å². The van der Waals surface area contributed by atoms with Crippen molar-refractivity contribution in [2.45, 2.75) is 83.2 Å². The van der Waals surface area contributed by atoms with Crippen LogP contribution in [-0.2, 0) is 4.74 Å². The summed E-state index contributed by atoms with van der Waals surface area (Å²) in [6.07, 6.45) is 12.4. The Bertz CT molecular complexity index is 642. The maximum atomic E-state index is 14.5. The Labute approximate surface area is 168 Å². The van der Waals surface area contributed by atoms with Gasteiger partial charge in [0.15, 0.2) is 11.6 Å². The first-order chi connectivity index (χ1) is 13.7. The molecular weight excluding hydrogens is 358 g/mol. The average molecular weight is 393 g/mol. The molecule has 0 aromatic heterocycles. The highest BCUT2D eigenvalue weighted by molar-refractivity contribution is 5.33. The van der Waals surface area contributed by atoms with Gasteiger partial charge in [0.2, 0.25) is 5.82 Å². The van der Waals surface area contributed by atoms with Gasteiger partial charge in [-0.05, 0) is 106 Å². The Morgan fingerprint density at radius 3 is 2.07 bits per heavy atom. The highest BCUT2D eigenvalue weighted by Crippen LogP contribution is 2.44. The van der Waals surface area contributed by atoms with Crippen molar-refractivity contribution in [3.05, 3.63) is 29.3 Å². The summed E-state index contributed by atoms with van der Waals surface area (Å²) in [4.78, 5) is 0. The second-order valence-corrected chi connectivity index (χ2v) is 9.14. The molecule has 0 radical (unpaired) electrons. The molecular formula is C24H34F2O2. The van der Waals surface area contributed by atoms with Crippen molar-refractivity contribution in [1.29, 1.82) is 0 Å². The van der Waals surface area contributed by atoms with Crippen molar-refractivity contribution < 1.29 is 18.3 Å². The molecule has 0 atom stereocenters. The maximum absolute atomic E-state index is 14.5. The zero-order chi connectivity index (χ0) is 19.5. The van der Waals surface area contributed by atoms with Gasteiger partial charge in [-0.2, -0.15) is 4.39 Å². The Morgan fingerprint density at radius 1 is 0.821 bits per heavy atom. The van der Waals surface area contributed by atoms with E-state index in [-0.39, 0.29) is 11.7 Å². The Morgan fingerprint density at radius 2 is 1.46 bits per heavy atom. The normalized spacial score (nSPS) is 31.0. The molecule has 156 valence electrons. The standard InChI is InChI=1S/C24H34F2O2/c1-2-27-22-14-13-21(23(25)24(22)26)19-7-5-17(6-8-19)18-9-11-20(12-10-18)28-15-16-3-4-16/h13-14,16-20H,2-12,15H2,1H3. The summed E-state index contributed by atoms with van der Waals surface area (Å²) in [7, 11) is 0. The summed E-state index contributed by atoms with van der Waals surface area (Å²) in [6, 6.07) is 3.32. The molecule has 0 N–H and O–H groups in total. The zero-order valence-electron chi connectivity index (χ0n) is 17.1. The highest BCUT2D eigenvalue weighted by Gasteiger charge is 2.33. The lowest BCUT2D eigenvalue weighted by molar-refractivity contribution is 0.00285. The van der Waals surface area contributed by atoms with E-state index in [1.54, 1.807) is 19.1 Å². The summed E-state index contributed by atoms with van der Waals surface area (Å²) < 4.78 is 40.0. The topological polar surface area (TPSA) is 18.5 Å². The van der Waals surface area contributed by atoms with Gasteiger partial charge < -0.3 is 9.47 Å². The molecule has 3 aliphatic rings. The fraction of sp³-hybridized carbons (Fsp3) is 0.750. The summed E-state index contributed by atoms with van der Waals surface area (Å²) in [6.45, 7) is 3.10. The van der Waals surface area contributed by atoms with Gasteiger partial charge in [-0.1, -0.05) is 6.07 Å². The number of hydrogen-bond acceptors (Lipinski definition) is 2. The quantitative estimate of drug-likeness (QED) is 0.519. The first-order valence-electron chi connectivity index (χ1n) is 11.4. The second-order valence-electron chi connectivity index (χ2n) is 9.14. The molecule has 4 rings (SSSR count). The number of halogens is 2. The monoisotopic (exact) mass is 392 g/mol. The van der Waals surface area contributed by atoms with Crippen molar-refractivity contribution in [2.24, 2.45) is 17.8 Å².